The topological polar surface area (TPSA) is 44.8 Å². The van der Waals surface area contributed by atoms with Crippen molar-refractivity contribution >= 4 is 5.97 Å². The smallest absolute Gasteiger partial charge is 0.312 e. The van der Waals surface area contributed by atoms with Crippen LogP contribution in [0.2, 0.25) is 0 Å². The Hall–Kier alpha value is -1.03. The molecule has 7 atom stereocenters. The Balaban J connectivity index is 1.62. The highest BCUT2D eigenvalue weighted by atomic mass is 16.6. The molecule has 2 aliphatic carbocycles. The first-order valence-electron chi connectivity index (χ1n) is 9.56. The average molecular weight is 332 g/mol. The lowest BCUT2D eigenvalue weighted by Gasteiger charge is -2.62. The van der Waals surface area contributed by atoms with Gasteiger partial charge in [0.05, 0.1) is 17.3 Å². The molecule has 2 saturated carbocycles. The van der Waals surface area contributed by atoms with Gasteiger partial charge in [0.1, 0.15) is 18.3 Å². The fourth-order valence-electron chi connectivity index (χ4n) is 7.23. The molecule has 0 bridgehead atoms. The summed E-state index contributed by atoms with van der Waals surface area (Å²) in [6.07, 6.45) is 10.2. The average Bonchev–Trinajstić information content (AvgIpc) is 3.20. The van der Waals surface area contributed by atoms with Crippen LogP contribution in [0.3, 0.4) is 0 Å². The van der Waals surface area contributed by atoms with Crippen molar-refractivity contribution < 1.29 is 19.0 Å². The lowest BCUT2D eigenvalue weighted by atomic mass is 9.44. The number of esters is 1. The summed E-state index contributed by atoms with van der Waals surface area (Å²) in [6.45, 7) is 7.47. The maximum absolute atomic E-state index is 12.7. The zero-order valence-electron chi connectivity index (χ0n) is 15.0. The van der Waals surface area contributed by atoms with Gasteiger partial charge in [-0.15, -0.1) is 0 Å². The molecule has 132 valence electrons. The van der Waals surface area contributed by atoms with Crippen molar-refractivity contribution in [2.45, 2.75) is 76.6 Å². The normalized spacial score (nSPS) is 58.1. The zero-order chi connectivity index (χ0) is 16.8. The van der Waals surface area contributed by atoms with E-state index in [4.69, 9.17) is 14.2 Å². The molecule has 0 radical (unpaired) electrons. The van der Waals surface area contributed by atoms with Crippen LogP contribution in [0.15, 0.2) is 12.3 Å². The van der Waals surface area contributed by atoms with E-state index in [1.807, 2.05) is 0 Å². The van der Waals surface area contributed by atoms with E-state index in [0.29, 0.717) is 12.5 Å². The molecule has 5 rings (SSSR count). The van der Waals surface area contributed by atoms with Crippen LogP contribution in [0.4, 0.5) is 0 Å². The third-order valence-corrected chi connectivity index (χ3v) is 8.31. The molecule has 0 aromatic heterocycles. The number of ether oxygens (including phenoxy) is 3. The van der Waals surface area contributed by atoms with E-state index < -0.39 is 0 Å². The molecule has 0 amide bonds. The number of hydrogen-bond acceptors (Lipinski definition) is 4. The first kappa shape index (κ1) is 15.2. The Morgan fingerprint density at radius 3 is 2.75 bits per heavy atom. The second kappa shape index (κ2) is 4.38. The molecular formula is C20H28O4. The molecule has 0 aromatic rings. The third kappa shape index (κ3) is 1.53. The summed E-state index contributed by atoms with van der Waals surface area (Å²) >= 11 is 0. The Morgan fingerprint density at radius 1 is 1.17 bits per heavy atom. The number of rotatable bonds is 0. The molecule has 0 aromatic carbocycles. The molecule has 1 unspecified atom stereocenters. The summed E-state index contributed by atoms with van der Waals surface area (Å²) in [5.41, 5.74) is -0.746. The summed E-state index contributed by atoms with van der Waals surface area (Å²) in [4.78, 5) is 12.7. The highest BCUT2D eigenvalue weighted by Gasteiger charge is 2.74. The second-order valence-electron chi connectivity index (χ2n) is 9.42. The van der Waals surface area contributed by atoms with Crippen LogP contribution < -0.4 is 0 Å². The monoisotopic (exact) mass is 332 g/mol. The van der Waals surface area contributed by atoms with Crippen LogP contribution in [-0.2, 0) is 19.0 Å². The lowest BCUT2D eigenvalue weighted by Crippen LogP contribution is -2.65. The summed E-state index contributed by atoms with van der Waals surface area (Å²) in [7, 11) is 0. The van der Waals surface area contributed by atoms with E-state index in [1.165, 1.54) is 0 Å². The van der Waals surface area contributed by atoms with E-state index in [2.05, 4.69) is 26.8 Å². The number of hydrogen-bond donors (Lipinski definition) is 0. The van der Waals surface area contributed by atoms with Gasteiger partial charge in [-0.2, -0.15) is 0 Å². The van der Waals surface area contributed by atoms with Crippen molar-refractivity contribution in [1.82, 2.24) is 0 Å². The van der Waals surface area contributed by atoms with Crippen LogP contribution in [0.5, 0.6) is 0 Å². The minimum absolute atomic E-state index is 0.00553. The maximum atomic E-state index is 12.7. The van der Waals surface area contributed by atoms with Crippen molar-refractivity contribution in [3.8, 4) is 0 Å². The number of fused-ring (bicyclic) bond motifs is 1. The predicted octanol–water partition coefficient (Wildman–Crippen LogP) is 3.60. The van der Waals surface area contributed by atoms with Crippen molar-refractivity contribution in [2.75, 3.05) is 6.61 Å². The summed E-state index contributed by atoms with van der Waals surface area (Å²) < 4.78 is 18.4. The van der Waals surface area contributed by atoms with Crippen molar-refractivity contribution in [1.29, 1.82) is 0 Å². The largest absolute Gasteiger partial charge is 0.498 e. The van der Waals surface area contributed by atoms with Gasteiger partial charge >= 0.3 is 5.97 Å². The van der Waals surface area contributed by atoms with Gasteiger partial charge < -0.3 is 14.2 Å². The van der Waals surface area contributed by atoms with Gasteiger partial charge in [0.15, 0.2) is 0 Å². The standard InChI is InChI=1S/C20H28O4/c1-13-11-14-15-17(2,16(21)23-14)5-4-6-18(15,3)20(13)8-7-19(24-20)9-10-22-12-19/h9-10,13-15H,4-8,11-12H2,1-3H3/t13-,14-,15?,17+,18+,19-,20-/m1/s1. The van der Waals surface area contributed by atoms with Gasteiger partial charge in [0.25, 0.3) is 0 Å². The first-order chi connectivity index (χ1) is 11.4. The van der Waals surface area contributed by atoms with E-state index >= 15 is 0 Å². The molecule has 4 heteroatoms. The van der Waals surface area contributed by atoms with Crippen molar-refractivity contribution in [3.63, 3.8) is 0 Å². The zero-order valence-corrected chi connectivity index (χ0v) is 15.0. The van der Waals surface area contributed by atoms with E-state index in [1.54, 1.807) is 6.26 Å². The molecule has 3 aliphatic heterocycles. The Morgan fingerprint density at radius 2 is 2.00 bits per heavy atom. The van der Waals surface area contributed by atoms with Gasteiger partial charge in [0, 0.05) is 11.3 Å². The van der Waals surface area contributed by atoms with Gasteiger partial charge in [-0.1, -0.05) is 20.3 Å². The number of carbonyl (C=O) groups is 1. The summed E-state index contributed by atoms with van der Waals surface area (Å²) in [5.74, 6) is 0.707. The number of carbonyl (C=O) groups excluding carboxylic acids is 1. The molecule has 2 saturated heterocycles. The first-order valence-corrected chi connectivity index (χ1v) is 9.56. The Labute approximate surface area is 143 Å². The summed E-state index contributed by atoms with van der Waals surface area (Å²) in [6, 6.07) is 0. The van der Waals surface area contributed by atoms with Gasteiger partial charge in [-0.25, -0.2) is 0 Å². The lowest BCUT2D eigenvalue weighted by molar-refractivity contribution is -0.245. The highest BCUT2D eigenvalue weighted by molar-refractivity contribution is 5.80. The van der Waals surface area contributed by atoms with Gasteiger partial charge in [-0.05, 0) is 51.0 Å². The predicted molar refractivity (Wildman–Crippen MR) is 88.1 cm³/mol. The summed E-state index contributed by atoms with van der Waals surface area (Å²) in [5, 5.41) is 0. The fourth-order valence-corrected chi connectivity index (χ4v) is 7.23. The van der Waals surface area contributed by atoms with Crippen LogP contribution in [-0.4, -0.2) is 29.9 Å². The fraction of sp³-hybridized carbons (Fsp3) is 0.850. The minimum atomic E-state index is -0.327. The molecule has 3 heterocycles. The third-order valence-electron chi connectivity index (χ3n) is 8.31. The molecule has 24 heavy (non-hydrogen) atoms. The maximum Gasteiger partial charge on any atom is 0.312 e. The van der Waals surface area contributed by atoms with Crippen LogP contribution in [0, 0.1) is 22.7 Å². The molecule has 4 nitrogen and oxygen atoms in total. The van der Waals surface area contributed by atoms with Crippen molar-refractivity contribution in [3.05, 3.63) is 12.3 Å². The van der Waals surface area contributed by atoms with Crippen LogP contribution in [0.1, 0.15) is 59.3 Å². The van der Waals surface area contributed by atoms with Crippen LogP contribution in [0.25, 0.3) is 0 Å². The molecule has 0 N–H and O–H groups in total. The molecular weight excluding hydrogens is 304 g/mol. The van der Waals surface area contributed by atoms with E-state index in [0.717, 1.165) is 38.5 Å². The van der Waals surface area contributed by atoms with Crippen LogP contribution >= 0.6 is 0 Å². The van der Waals surface area contributed by atoms with Gasteiger partial charge in [-0.3, -0.25) is 4.79 Å². The van der Waals surface area contributed by atoms with Gasteiger partial charge in [0.2, 0.25) is 0 Å². The van der Waals surface area contributed by atoms with E-state index in [9.17, 15) is 4.79 Å². The SMILES string of the molecule is C[C@@H]1C[C@H]2OC(=O)[C@@]3(C)CCC[C@@](C)(C23)[C@@]12CC[C@]1(C=COC1)O2. The minimum Gasteiger partial charge on any atom is -0.498 e. The molecule has 5 aliphatic rings. The second-order valence-corrected chi connectivity index (χ2v) is 9.42. The Kier molecular flexibility index (Phi) is 2.78. The Bertz CT molecular complexity index is 629. The molecule has 4 fully saturated rings. The molecule has 2 spiro atoms. The quantitative estimate of drug-likeness (QED) is 0.636. The van der Waals surface area contributed by atoms with Crippen molar-refractivity contribution in [2.24, 2.45) is 22.7 Å². The highest BCUT2D eigenvalue weighted by Crippen LogP contribution is 2.70. The van der Waals surface area contributed by atoms with E-state index in [-0.39, 0.29) is 40.0 Å².